The molecule has 8 nitrogen and oxygen atoms in total. The summed E-state index contributed by atoms with van der Waals surface area (Å²) in [6, 6.07) is 7.74. The first-order chi connectivity index (χ1) is 18.3. The minimum absolute atomic E-state index is 0.204. The van der Waals surface area contributed by atoms with E-state index in [2.05, 4.69) is 36.0 Å². The van der Waals surface area contributed by atoms with Crippen LogP contribution < -0.4 is 4.90 Å². The van der Waals surface area contributed by atoms with E-state index in [1.165, 1.54) is 4.90 Å². The molecule has 206 valence electrons. The Hall–Kier alpha value is -2.49. The third-order valence-corrected chi connectivity index (χ3v) is 8.92. The molecule has 3 aliphatic heterocycles. The number of ether oxygens (including phenoxy) is 1. The van der Waals surface area contributed by atoms with Crippen LogP contribution in [0.25, 0.3) is 0 Å². The van der Waals surface area contributed by atoms with Crippen LogP contribution in [0.5, 0.6) is 0 Å². The summed E-state index contributed by atoms with van der Waals surface area (Å²) in [7, 11) is 0. The van der Waals surface area contributed by atoms with E-state index in [4.69, 9.17) is 4.74 Å². The highest BCUT2D eigenvalue weighted by Gasteiger charge is 2.77. The number of carbonyl (C=O) groups excluding carboxylic acids is 3. The van der Waals surface area contributed by atoms with Crippen molar-refractivity contribution in [1.29, 1.82) is 0 Å². The Kier molecular flexibility index (Phi) is 8.79. The molecule has 9 heteroatoms. The Morgan fingerprint density at radius 2 is 1.92 bits per heavy atom. The fourth-order valence-corrected chi connectivity index (χ4v) is 7.34. The van der Waals surface area contributed by atoms with E-state index < -0.39 is 35.6 Å². The second-order valence-corrected chi connectivity index (χ2v) is 11.6. The Balaban J connectivity index is 1.78. The van der Waals surface area contributed by atoms with Crippen LogP contribution in [0.4, 0.5) is 5.69 Å². The number of aliphatic hydroxyl groups is 1. The van der Waals surface area contributed by atoms with Crippen molar-refractivity contribution in [2.24, 2.45) is 11.8 Å². The van der Waals surface area contributed by atoms with E-state index in [1.54, 1.807) is 28.9 Å². The molecule has 0 aliphatic carbocycles. The van der Waals surface area contributed by atoms with Gasteiger partial charge in [-0.05, 0) is 31.9 Å². The van der Waals surface area contributed by atoms with Crippen LogP contribution >= 0.6 is 15.9 Å². The molecule has 3 saturated heterocycles. The standard InChI is InChI=1S/C29H38BrN3O5/c1-5-8-16-31(14-6-2)28(37)25-29-17-21(30)24(38-29)22(23(29)27(36)33(25)19(4)18-34)26(35)32(15-7-3)20-12-10-9-11-13-20/h6-7,9-13,19,21-25,34H,2-3,5,8,14-18H2,1,4H3/t19-,21?,22+,23+,24+,25?,29?/m1/s1. The highest BCUT2D eigenvalue weighted by Crippen LogP contribution is 2.60. The van der Waals surface area contributed by atoms with Crippen molar-refractivity contribution in [3.05, 3.63) is 55.6 Å². The number of halogens is 1. The lowest BCUT2D eigenvalue weighted by Crippen LogP contribution is -2.58. The number of likely N-dealkylation sites (tertiary alicyclic amines) is 1. The highest BCUT2D eigenvalue weighted by atomic mass is 79.9. The number of fused-ring (bicyclic) bond motifs is 1. The van der Waals surface area contributed by atoms with Crippen LogP contribution in [-0.2, 0) is 19.1 Å². The average Bonchev–Trinajstić information content (AvgIpc) is 3.52. The number of carbonyl (C=O) groups is 3. The van der Waals surface area contributed by atoms with E-state index >= 15 is 0 Å². The Labute approximate surface area is 233 Å². The topological polar surface area (TPSA) is 90.4 Å². The van der Waals surface area contributed by atoms with Crippen LogP contribution in [0.3, 0.4) is 0 Å². The van der Waals surface area contributed by atoms with Crippen LogP contribution in [0.1, 0.15) is 33.1 Å². The molecule has 0 aromatic heterocycles. The Morgan fingerprint density at radius 3 is 2.53 bits per heavy atom. The zero-order valence-electron chi connectivity index (χ0n) is 22.2. The van der Waals surface area contributed by atoms with Gasteiger partial charge >= 0.3 is 0 Å². The summed E-state index contributed by atoms with van der Waals surface area (Å²) < 4.78 is 6.62. The van der Waals surface area contributed by atoms with E-state index in [0.717, 1.165) is 12.8 Å². The summed E-state index contributed by atoms with van der Waals surface area (Å²) in [4.78, 5) is 47.2. The van der Waals surface area contributed by atoms with Crippen molar-refractivity contribution in [2.45, 2.75) is 61.7 Å². The predicted octanol–water partition coefficient (Wildman–Crippen LogP) is 3.15. The molecule has 3 unspecified atom stereocenters. The van der Waals surface area contributed by atoms with Gasteiger partial charge in [-0.3, -0.25) is 14.4 Å². The molecular formula is C29H38BrN3O5. The molecule has 7 atom stereocenters. The average molecular weight is 589 g/mol. The molecule has 1 aromatic carbocycles. The molecule has 1 N–H and O–H groups in total. The Bertz CT molecular complexity index is 1070. The molecule has 0 radical (unpaired) electrons. The summed E-state index contributed by atoms with van der Waals surface area (Å²) in [6.45, 7) is 12.3. The van der Waals surface area contributed by atoms with Crippen molar-refractivity contribution < 1.29 is 24.2 Å². The quantitative estimate of drug-likeness (QED) is 0.300. The number of rotatable bonds is 12. The fourth-order valence-electron chi connectivity index (χ4n) is 6.40. The van der Waals surface area contributed by atoms with Gasteiger partial charge in [0.15, 0.2) is 0 Å². The number of hydrogen-bond donors (Lipinski definition) is 1. The first kappa shape index (κ1) is 28.5. The van der Waals surface area contributed by atoms with E-state index in [-0.39, 0.29) is 35.7 Å². The number of alkyl halides is 1. The van der Waals surface area contributed by atoms with Gasteiger partial charge in [0.2, 0.25) is 17.7 Å². The van der Waals surface area contributed by atoms with Gasteiger partial charge in [0, 0.05) is 30.1 Å². The molecule has 4 rings (SSSR count). The SMILES string of the molecule is C=CCN(CCCC)C(=O)C1N([C@H](C)CO)C(=O)[C@@H]2[C@H](C(=O)N(CC=C)c3ccccc3)[C@H]3OC12CC3Br. The van der Waals surface area contributed by atoms with Crippen molar-refractivity contribution >= 4 is 39.3 Å². The maximum Gasteiger partial charge on any atom is 0.248 e. The third kappa shape index (κ3) is 4.62. The van der Waals surface area contributed by atoms with Crippen LogP contribution in [0.15, 0.2) is 55.6 Å². The molecule has 3 amide bonds. The molecule has 0 saturated carbocycles. The molecule has 3 fully saturated rings. The highest BCUT2D eigenvalue weighted by molar-refractivity contribution is 9.09. The number of para-hydroxylation sites is 1. The lowest BCUT2D eigenvalue weighted by Gasteiger charge is -2.38. The largest absolute Gasteiger partial charge is 0.394 e. The Morgan fingerprint density at radius 1 is 1.24 bits per heavy atom. The van der Waals surface area contributed by atoms with Crippen molar-refractivity contribution in [1.82, 2.24) is 9.80 Å². The first-order valence-electron chi connectivity index (χ1n) is 13.4. The number of benzene rings is 1. The predicted molar refractivity (Wildman–Crippen MR) is 150 cm³/mol. The van der Waals surface area contributed by atoms with Crippen molar-refractivity contribution in [3.63, 3.8) is 0 Å². The van der Waals surface area contributed by atoms with Gasteiger partial charge in [-0.1, -0.05) is 59.6 Å². The lowest BCUT2D eigenvalue weighted by molar-refractivity contribution is -0.150. The van der Waals surface area contributed by atoms with Crippen LogP contribution in [0, 0.1) is 11.8 Å². The third-order valence-electron chi connectivity index (χ3n) is 8.07. The number of hydrogen-bond acceptors (Lipinski definition) is 5. The van der Waals surface area contributed by atoms with Gasteiger partial charge < -0.3 is 24.5 Å². The maximum atomic E-state index is 14.2. The summed E-state index contributed by atoms with van der Waals surface area (Å²) in [6.07, 6.45) is 4.92. The monoisotopic (exact) mass is 587 g/mol. The second kappa shape index (κ2) is 11.7. The number of anilines is 1. The molecule has 2 bridgehead atoms. The van der Waals surface area contributed by atoms with Gasteiger partial charge in [0.25, 0.3) is 0 Å². The molecule has 38 heavy (non-hydrogen) atoms. The second-order valence-electron chi connectivity index (χ2n) is 10.4. The minimum atomic E-state index is -1.17. The molecule has 3 aliphatic rings. The van der Waals surface area contributed by atoms with Gasteiger partial charge in [-0.15, -0.1) is 13.2 Å². The summed E-state index contributed by atoms with van der Waals surface area (Å²) >= 11 is 3.72. The number of aliphatic hydroxyl groups excluding tert-OH is 1. The summed E-state index contributed by atoms with van der Waals surface area (Å²) in [5.74, 6) is -2.39. The van der Waals surface area contributed by atoms with Crippen LogP contribution in [0.2, 0.25) is 0 Å². The molecule has 1 spiro atoms. The zero-order valence-corrected chi connectivity index (χ0v) is 23.8. The van der Waals surface area contributed by atoms with Gasteiger partial charge in [-0.2, -0.15) is 0 Å². The molecular weight excluding hydrogens is 550 g/mol. The number of unbranched alkanes of at least 4 members (excludes halogenated alkanes) is 1. The number of amides is 3. The number of nitrogens with zero attached hydrogens (tertiary/aromatic N) is 3. The summed E-state index contributed by atoms with van der Waals surface area (Å²) in [5, 5.41) is 10.1. The maximum absolute atomic E-state index is 14.2. The van der Waals surface area contributed by atoms with Crippen LogP contribution in [-0.4, -0.2) is 87.5 Å². The molecule has 3 heterocycles. The fraction of sp³-hybridized carbons (Fsp3) is 0.552. The van der Waals surface area contributed by atoms with Gasteiger partial charge in [-0.25, -0.2) is 0 Å². The zero-order chi connectivity index (χ0) is 27.6. The van der Waals surface area contributed by atoms with E-state index in [9.17, 15) is 19.5 Å². The lowest BCUT2D eigenvalue weighted by atomic mass is 9.70. The smallest absolute Gasteiger partial charge is 0.248 e. The minimum Gasteiger partial charge on any atom is -0.394 e. The van der Waals surface area contributed by atoms with E-state index in [1.807, 2.05) is 30.3 Å². The van der Waals surface area contributed by atoms with Gasteiger partial charge in [0.1, 0.15) is 11.6 Å². The van der Waals surface area contributed by atoms with Gasteiger partial charge in [0.05, 0.1) is 30.6 Å². The normalized spacial score (nSPS) is 30.2. The van der Waals surface area contributed by atoms with Crippen molar-refractivity contribution in [3.8, 4) is 0 Å². The molecule has 1 aromatic rings. The first-order valence-corrected chi connectivity index (χ1v) is 14.3. The summed E-state index contributed by atoms with van der Waals surface area (Å²) in [5.41, 5.74) is -0.463. The van der Waals surface area contributed by atoms with Crippen molar-refractivity contribution in [2.75, 3.05) is 31.1 Å². The van der Waals surface area contributed by atoms with E-state index in [0.29, 0.717) is 25.2 Å².